The van der Waals surface area contributed by atoms with Gasteiger partial charge in [-0.3, -0.25) is 9.78 Å². The molecule has 0 saturated carbocycles. The van der Waals surface area contributed by atoms with Gasteiger partial charge in [-0.15, -0.1) is 0 Å². The number of nitrogens with two attached hydrogens (primary N) is 1. The summed E-state index contributed by atoms with van der Waals surface area (Å²) in [4.78, 5) is 18.5. The largest absolute Gasteiger partial charge is 0.393 e. The molecule has 0 fully saturated rings. The van der Waals surface area contributed by atoms with Gasteiger partial charge >= 0.3 is 0 Å². The van der Waals surface area contributed by atoms with Gasteiger partial charge in [0.05, 0.1) is 11.9 Å². The normalized spacial score (nSPS) is 10.0. The minimum absolute atomic E-state index is 0.122. The second-order valence-corrected chi connectivity index (χ2v) is 2.75. The molecular formula is C9H8N4O. The van der Waals surface area contributed by atoms with Crippen LogP contribution < -0.4 is 11.3 Å². The molecule has 0 aliphatic carbocycles. The summed E-state index contributed by atoms with van der Waals surface area (Å²) in [7, 11) is 0. The molecule has 2 N–H and O–H groups in total. The molecule has 5 heteroatoms. The van der Waals surface area contributed by atoms with Crippen LogP contribution in [0.4, 0.5) is 5.69 Å². The SMILES string of the molecule is Nc1cn(-c2cccnc2)cnc1=O. The molecule has 70 valence electrons. The lowest BCUT2D eigenvalue weighted by Crippen LogP contribution is -2.14. The second-order valence-electron chi connectivity index (χ2n) is 2.75. The Hall–Kier alpha value is -2.17. The third-order valence-electron chi connectivity index (χ3n) is 1.77. The highest BCUT2D eigenvalue weighted by molar-refractivity contribution is 5.36. The second kappa shape index (κ2) is 3.29. The van der Waals surface area contributed by atoms with E-state index in [0.29, 0.717) is 0 Å². The summed E-state index contributed by atoms with van der Waals surface area (Å²) in [5.41, 5.74) is 5.96. The zero-order valence-corrected chi connectivity index (χ0v) is 7.29. The lowest BCUT2D eigenvalue weighted by atomic mass is 10.4. The molecule has 0 spiro atoms. The molecule has 0 aliphatic heterocycles. The van der Waals surface area contributed by atoms with E-state index in [1.165, 1.54) is 12.5 Å². The average molecular weight is 188 g/mol. The van der Waals surface area contributed by atoms with E-state index in [-0.39, 0.29) is 5.69 Å². The number of pyridine rings is 1. The molecule has 0 aromatic carbocycles. The Morgan fingerprint density at radius 2 is 2.29 bits per heavy atom. The van der Waals surface area contributed by atoms with Crippen LogP contribution in [0.2, 0.25) is 0 Å². The zero-order chi connectivity index (χ0) is 9.97. The molecule has 0 saturated heterocycles. The highest BCUT2D eigenvalue weighted by Gasteiger charge is 1.97. The third-order valence-corrected chi connectivity index (χ3v) is 1.77. The van der Waals surface area contributed by atoms with Gasteiger partial charge in [0.15, 0.2) is 0 Å². The van der Waals surface area contributed by atoms with Crippen LogP contribution in [0.3, 0.4) is 0 Å². The van der Waals surface area contributed by atoms with Crippen molar-refractivity contribution in [3.8, 4) is 5.69 Å². The minimum atomic E-state index is -0.412. The molecule has 14 heavy (non-hydrogen) atoms. The maximum absolute atomic E-state index is 10.9. The number of anilines is 1. The lowest BCUT2D eigenvalue weighted by molar-refractivity contribution is 0.959. The molecule has 0 unspecified atom stereocenters. The standard InChI is InChI=1S/C9H8N4O/c10-8-5-13(6-12-9(8)14)7-2-1-3-11-4-7/h1-6H,10H2. The summed E-state index contributed by atoms with van der Waals surface area (Å²) >= 11 is 0. The van der Waals surface area contributed by atoms with E-state index < -0.39 is 5.56 Å². The van der Waals surface area contributed by atoms with Crippen molar-refractivity contribution in [2.75, 3.05) is 5.73 Å². The number of aromatic nitrogens is 3. The summed E-state index contributed by atoms with van der Waals surface area (Å²) in [6, 6.07) is 3.64. The summed E-state index contributed by atoms with van der Waals surface area (Å²) in [5, 5.41) is 0. The molecule has 0 atom stereocenters. The van der Waals surface area contributed by atoms with Crippen LogP contribution in [-0.4, -0.2) is 14.5 Å². The first-order chi connectivity index (χ1) is 6.77. The Balaban J connectivity index is 2.54. The highest BCUT2D eigenvalue weighted by atomic mass is 16.1. The Labute approximate surface area is 79.9 Å². The third kappa shape index (κ3) is 1.47. The van der Waals surface area contributed by atoms with E-state index >= 15 is 0 Å². The minimum Gasteiger partial charge on any atom is -0.393 e. The average Bonchev–Trinajstić information content (AvgIpc) is 2.23. The van der Waals surface area contributed by atoms with Gasteiger partial charge in [0.2, 0.25) is 0 Å². The number of hydrogen-bond donors (Lipinski definition) is 1. The number of nitrogen functional groups attached to an aromatic ring is 1. The van der Waals surface area contributed by atoms with Gasteiger partial charge in [0.1, 0.15) is 12.0 Å². The van der Waals surface area contributed by atoms with Gasteiger partial charge in [-0.1, -0.05) is 0 Å². The van der Waals surface area contributed by atoms with Crippen molar-refractivity contribution in [1.82, 2.24) is 14.5 Å². The van der Waals surface area contributed by atoms with Gasteiger partial charge < -0.3 is 10.3 Å². The van der Waals surface area contributed by atoms with Crippen LogP contribution in [-0.2, 0) is 0 Å². The molecule has 2 rings (SSSR count). The smallest absolute Gasteiger partial charge is 0.295 e. The van der Waals surface area contributed by atoms with E-state index in [1.807, 2.05) is 6.07 Å². The molecule has 0 aliphatic rings. The Morgan fingerprint density at radius 3 is 2.93 bits per heavy atom. The van der Waals surface area contributed by atoms with Gasteiger partial charge in [-0.25, -0.2) is 0 Å². The summed E-state index contributed by atoms with van der Waals surface area (Å²) < 4.78 is 1.64. The predicted molar refractivity (Wildman–Crippen MR) is 52.0 cm³/mol. The van der Waals surface area contributed by atoms with Gasteiger partial charge in [-0.2, -0.15) is 4.98 Å². The summed E-state index contributed by atoms with van der Waals surface area (Å²) in [5.74, 6) is 0. The van der Waals surface area contributed by atoms with Crippen LogP contribution in [0.5, 0.6) is 0 Å². The summed E-state index contributed by atoms with van der Waals surface area (Å²) in [6.45, 7) is 0. The number of hydrogen-bond acceptors (Lipinski definition) is 4. The van der Waals surface area contributed by atoms with E-state index in [4.69, 9.17) is 5.73 Å². The van der Waals surface area contributed by atoms with Crippen molar-refractivity contribution in [3.63, 3.8) is 0 Å². The van der Waals surface area contributed by atoms with E-state index in [2.05, 4.69) is 9.97 Å². The fraction of sp³-hybridized carbons (Fsp3) is 0. The topological polar surface area (TPSA) is 73.8 Å². The molecule has 5 nitrogen and oxygen atoms in total. The van der Waals surface area contributed by atoms with Crippen LogP contribution in [0.15, 0.2) is 41.8 Å². The molecule has 2 aromatic heterocycles. The van der Waals surface area contributed by atoms with Crippen molar-refractivity contribution < 1.29 is 0 Å². The van der Waals surface area contributed by atoms with Crippen LogP contribution in [0.1, 0.15) is 0 Å². The van der Waals surface area contributed by atoms with Crippen LogP contribution in [0.25, 0.3) is 5.69 Å². The Morgan fingerprint density at radius 1 is 1.43 bits per heavy atom. The molecule has 2 aromatic rings. The van der Waals surface area contributed by atoms with Crippen LogP contribution >= 0.6 is 0 Å². The first-order valence-electron chi connectivity index (χ1n) is 4.01. The Bertz CT molecular complexity index is 492. The van der Waals surface area contributed by atoms with Gasteiger partial charge in [-0.05, 0) is 12.1 Å². The lowest BCUT2D eigenvalue weighted by Gasteiger charge is -2.04. The van der Waals surface area contributed by atoms with E-state index in [1.54, 1.807) is 23.0 Å². The van der Waals surface area contributed by atoms with Crippen molar-refractivity contribution in [2.45, 2.75) is 0 Å². The molecular weight excluding hydrogens is 180 g/mol. The first-order valence-corrected chi connectivity index (χ1v) is 4.01. The molecule has 0 amide bonds. The van der Waals surface area contributed by atoms with Crippen molar-refractivity contribution in [1.29, 1.82) is 0 Å². The number of nitrogens with zero attached hydrogens (tertiary/aromatic N) is 3. The van der Waals surface area contributed by atoms with Crippen LogP contribution in [0, 0.1) is 0 Å². The van der Waals surface area contributed by atoms with Gasteiger partial charge in [0, 0.05) is 12.4 Å². The quantitative estimate of drug-likeness (QED) is 0.694. The fourth-order valence-electron chi connectivity index (χ4n) is 1.08. The van der Waals surface area contributed by atoms with E-state index in [9.17, 15) is 4.79 Å². The fourth-order valence-corrected chi connectivity index (χ4v) is 1.08. The molecule has 0 bridgehead atoms. The Kier molecular flexibility index (Phi) is 1.98. The van der Waals surface area contributed by atoms with Gasteiger partial charge in [0.25, 0.3) is 5.56 Å². The van der Waals surface area contributed by atoms with Crippen molar-refractivity contribution >= 4 is 5.69 Å². The predicted octanol–water partition coefficient (Wildman–Crippen LogP) is 0.210. The maximum atomic E-state index is 10.9. The molecule has 0 radical (unpaired) electrons. The van der Waals surface area contributed by atoms with Crippen molar-refractivity contribution in [2.24, 2.45) is 0 Å². The number of rotatable bonds is 1. The van der Waals surface area contributed by atoms with E-state index in [0.717, 1.165) is 5.69 Å². The maximum Gasteiger partial charge on any atom is 0.295 e. The first kappa shape index (κ1) is 8.43. The zero-order valence-electron chi connectivity index (χ0n) is 7.29. The molecule has 2 heterocycles. The highest BCUT2D eigenvalue weighted by Crippen LogP contribution is 2.03. The van der Waals surface area contributed by atoms with Crippen molar-refractivity contribution in [3.05, 3.63) is 47.4 Å². The summed E-state index contributed by atoms with van der Waals surface area (Å²) in [6.07, 6.45) is 6.26. The monoisotopic (exact) mass is 188 g/mol.